The lowest BCUT2D eigenvalue weighted by molar-refractivity contribution is 0.330. The average molecular weight is 181 g/mol. The molecule has 0 saturated carbocycles. The number of fused-ring (bicyclic) bond motifs is 1. The molecule has 0 bridgehead atoms. The molecule has 0 amide bonds. The zero-order valence-electron chi connectivity index (χ0n) is 6.32. The van der Waals surface area contributed by atoms with Crippen LogP contribution in [-0.4, -0.2) is 12.4 Å². The van der Waals surface area contributed by atoms with Crippen LogP contribution in [0.1, 0.15) is 0 Å². The van der Waals surface area contributed by atoms with Crippen molar-refractivity contribution in [3.8, 4) is 5.75 Å². The van der Waals surface area contributed by atoms with E-state index >= 15 is 0 Å². The maximum absolute atomic E-state index is 10.2. The van der Waals surface area contributed by atoms with Crippen molar-refractivity contribution in [2.24, 2.45) is 5.18 Å². The van der Waals surface area contributed by atoms with Crippen LogP contribution in [0.15, 0.2) is 28.3 Å². The van der Waals surface area contributed by atoms with Gasteiger partial charge in [-0.15, -0.1) is 16.7 Å². The van der Waals surface area contributed by atoms with E-state index in [-0.39, 0.29) is 0 Å². The van der Waals surface area contributed by atoms with Crippen molar-refractivity contribution in [2.75, 3.05) is 12.4 Å². The molecular weight excluding hydrogens is 174 g/mol. The van der Waals surface area contributed by atoms with Crippen LogP contribution in [0.25, 0.3) is 0 Å². The van der Waals surface area contributed by atoms with Crippen LogP contribution in [0.2, 0.25) is 0 Å². The van der Waals surface area contributed by atoms with Crippen LogP contribution < -0.4 is 4.74 Å². The number of thioether (sulfide) groups is 1. The normalized spacial score (nSPS) is 14.7. The Labute approximate surface area is 74.1 Å². The van der Waals surface area contributed by atoms with E-state index in [1.54, 1.807) is 30.0 Å². The maximum Gasteiger partial charge on any atom is 0.133 e. The maximum atomic E-state index is 10.2. The van der Waals surface area contributed by atoms with Crippen LogP contribution in [-0.2, 0) is 0 Å². The molecule has 0 fully saturated rings. The zero-order valence-corrected chi connectivity index (χ0v) is 7.13. The highest BCUT2D eigenvalue weighted by atomic mass is 32.2. The SMILES string of the molecule is O=Nc1ccc2c(c1)SCCO2. The van der Waals surface area contributed by atoms with Gasteiger partial charge in [0.15, 0.2) is 0 Å². The van der Waals surface area contributed by atoms with Gasteiger partial charge in [0.25, 0.3) is 0 Å². The second-order valence-corrected chi connectivity index (χ2v) is 3.56. The van der Waals surface area contributed by atoms with E-state index in [2.05, 4.69) is 5.18 Å². The molecule has 0 atom stereocenters. The molecule has 0 unspecified atom stereocenters. The van der Waals surface area contributed by atoms with Gasteiger partial charge in [0.1, 0.15) is 11.4 Å². The van der Waals surface area contributed by atoms with Gasteiger partial charge in [-0.25, -0.2) is 0 Å². The zero-order chi connectivity index (χ0) is 8.39. The van der Waals surface area contributed by atoms with E-state index in [1.807, 2.05) is 0 Å². The van der Waals surface area contributed by atoms with Crippen molar-refractivity contribution < 1.29 is 4.74 Å². The Morgan fingerprint density at radius 1 is 1.50 bits per heavy atom. The molecule has 0 N–H and O–H groups in total. The number of ether oxygens (including phenoxy) is 1. The third-order valence-electron chi connectivity index (χ3n) is 1.63. The fourth-order valence-corrected chi connectivity index (χ4v) is 1.95. The third kappa shape index (κ3) is 1.30. The molecular formula is C8H7NO2S. The molecule has 1 heterocycles. The number of benzene rings is 1. The summed E-state index contributed by atoms with van der Waals surface area (Å²) in [4.78, 5) is 11.2. The summed E-state index contributed by atoms with van der Waals surface area (Å²) < 4.78 is 5.36. The smallest absolute Gasteiger partial charge is 0.133 e. The first kappa shape index (κ1) is 7.61. The van der Waals surface area contributed by atoms with Crippen LogP contribution in [0.5, 0.6) is 5.75 Å². The molecule has 1 aliphatic heterocycles. The first-order chi connectivity index (χ1) is 5.90. The number of rotatable bonds is 1. The van der Waals surface area contributed by atoms with Gasteiger partial charge in [-0.3, -0.25) is 0 Å². The molecule has 2 rings (SSSR count). The van der Waals surface area contributed by atoms with E-state index in [1.165, 1.54) is 0 Å². The minimum absolute atomic E-state index is 0.465. The summed E-state index contributed by atoms with van der Waals surface area (Å²) in [5, 5.41) is 2.86. The molecule has 4 heteroatoms. The number of nitroso groups, excluding NO2 is 1. The summed E-state index contributed by atoms with van der Waals surface area (Å²) in [7, 11) is 0. The van der Waals surface area contributed by atoms with Crippen molar-refractivity contribution in [3.63, 3.8) is 0 Å². The summed E-state index contributed by atoms with van der Waals surface area (Å²) in [5.41, 5.74) is 0.465. The van der Waals surface area contributed by atoms with Crippen LogP contribution in [0.3, 0.4) is 0 Å². The molecule has 3 nitrogen and oxygen atoms in total. The Kier molecular flexibility index (Phi) is 1.99. The van der Waals surface area contributed by atoms with Crippen LogP contribution >= 0.6 is 11.8 Å². The van der Waals surface area contributed by atoms with Gasteiger partial charge in [-0.1, -0.05) is 0 Å². The van der Waals surface area contributed by atoms with E-state index in [0.717, 1.165) is 23.0 Å². The summed E-state index contributed by atoms with van der Waals surface area (Å²) in [6.45, 7) is 0.742. The van der Waals surface area contributed by atoms with Crippen molar-refractivity contribution in [3.05, 3.63) is 23.1 Å². The number of hydrogen-bond donors (Lipinski definition) is 0. The molecule has 0 saturated heterocycles. The first-order valence-corrected chi connectivity index (χ1v) is 4.62. The molecule has 1 aliphatic rings. The Morgan fingerprint density at radius 2 is 2.42 bits per heavy atom. The quantitative estimate of drug-likeness (QED) is 0.625. The molecule has 0 spiro atoms. The molecule has 0 aliphatic carbocycles. The largest absolute Gasteiger partial charge is 0.492 e. The van der Waals surface area contributed by atoms with Gasteiger partial charge in [0.2, 0.25) is 0 Å². The van der Waals surface area contributed by atoms with Crippen molar-refractivity contribution >= 4 is 17.4 Å². The van der Waals surface area contributed by atoms with E-state index in [0.29, 0.717) is 5.69 Å². The van der Waals surface area contributed by atoms with Gasteiger partial charge in [-0.2, -0.15) is 0 Å². The molecule has 0 aromatic heterocycles. The Balaban J connectivity index is 2.42. The van der Waals surface area contributed by atoms with E-state index in [4.69, 9.17) is 4.74 Å². The lowest BCUT2D eigenvalue weighted by atomic mass is 10.3. The molecule has 12 heavy (non-hydrogen) atoms. The van der Waals surface area contributed by atoms with Gasteiger partial charge in [0.05, 0.1) is 11.5 Å². The predicted molar refractivity (Wildman–Crippen MR) is 48.1 cm³/mol. The highest BCUT2D eigenvalue weighted by molar-refractivity contribution is 7.99. The molecule has 1 aromatic rings. The fraction of sp³-hybridized carbons (Fsp3) is 0.250. The Morgan fingerprint density at radius 3 is 3.25 bits per heavy atom. The van der Waals surface area contributed by atoms with Crippen molar-refractivity contribution in [1.29, 1.82) is 0 Å². The fourth-order valence-electron chi connectivity index (χ4n) is 1.09. The van der Waals surface area contributed by atoms with Gasteiger partial charge in [-0.05, 0) is 23.4 Å². The minimum Gasteiger partial charge on any atom is -0.492 e. The predicted octanol–water partition coefficient (Wildman–Crippen LogP) is 2.57. The van der Waals surface area contributed by atoms with Gasteiger partial charge in [0, 0.05) is 5.75 Å². The summed E-state index contributed by atoms with van der Waals surface area (Å²) in [6.07, 6.45) is 0. The first-order valence-electron chi connectivity index (χ1n) is 3.63. The van der Waals surface area contributed by atoms with Crippen molar-refractivity contribution in [2.45, 2.75) is 4.90 Å². The third-order valence-corrected chi connectivity index (χ3v) is 2.63. The highest BCUT2D eigenvalue weighted by Crippen LogP contribution is 2.35. The Bertz CT molecular complexity index is 314. The second kappa shape index (κ2) is 3.15. The Hall–Kier alpha value is -1.03. The topological polar surface area (TPSA) is 38.7 Å². The monoisotopic (exact) mass is 181 g/mol. The van der Waals surface area contributed by atoms with Gasteiger partial charge >= 0.3 is 0 Å². The molecule has 62 valence electrons. The van der Waals surface area contributed by atoms with Crippen molar-refractivity contribution in [1.82, 2.24) is 0 Å². The summed E-state index contributed by atoms with van der Waals surface area (Å²) >= 11 is 1.69. The van der Waals surface area contributed by atoms with Crippen LogP contribution in [0, 0.1) is 4.91 Å². The van der Waals surface area contributed by atoms with Crippen LogP contribution in [0.4, 0.5) is 5.69 Å². The minimum atomic E-state index is 0.465. The van der Waals surface area contributed by atoms with E-state index in [9.17, 15) is 4.91 Å². The average Bonchev–Trinajstić information content (AvgIpc) is 2.17. The second-order valence-electron chi connectivity index (χ2n) is 2.42. The molecule has 0 radical (unpaired) electrons. The van der Waals surface area contributed by atoms with E-state index < -0.39 is 0 Å². The van der Waals surface area contributed by atoms with Gasteiger partial charge < -0.3 is 4.74 Å². The highest BCUT2D eigenvalue weighted by Gasteiger charge is 2.10. The standard InChI is InChI=1S/C8H7NO2S/c10-9-6-1-2-7-8(5-6)12-4-3-11-7/h1-2,5H,3-4H2. The lowest BCUT2D eigenvalue weighted by Gasteiger charge is -2.15. The number of hydrogen-bond acceptors (Lipinski definition) is 4. The summed E-state index contributed by atoms with van der Waals surface area (Å²) in [5.74, 6) is 1.80. The molecule has 1 aromatic carbocycles. The lowest BCUT2D eigenvalue weighted by Crippen LogP contribution is -2.05. The summed E-state index contributed by atoms with van der Waals surface area (Å²) in [6, 6.07) is 5.21. The number of nitrogens with zero attached hydrogens (tertiary/aromatic N) is 1.